The average Bonchev–Trinajstić information content (AvgIpc) is 3.25. The highest BCUT2D eigenvalue weighted by molar-refractivity contribution is 5.48. The summed E-state index contributed by atoms with van der Waals surface area (Å²) >= 11 is 0. The Hall–Kier alpha value is -1.57. The van der Waals surface area contributed by atoms with Crippen molar-refractivity contribution in [2.45, 2.75) is 128 Å². The number of benzene rings is 1. The molecule has 2 heteroatoms. The SMILES string of the molecule is CCCCC[n+]1cn(-c2ccc3c(c2)C2CCC3CC2)c2c1C1CCC2CC1CCCC. The van der Waals surface area contributed by atoms with Gasteiger partial charge < -0.3 is 0 Å². The average molecular weight is 432 g/mol. The Morgan fingerprint density at radius 3 is 2.38 bits per heavy atom. The molecule has 172 valence electrons. The van der Waals surface area contributed by atoms with Crippen LogP contribution in [0.4, 0.5) is 0 Å². The third kappa shape index (κ3) is 3.39. The van der Waals surface area contributed by atoms with Crippen LogP contribution in [0.1, 0.15) is 144 Å². The van der Waals surface area contributed by atoms with Gasteiger partial charge in [0.15, 0.2) is 5.69 Å². The van der Waals surface area contributed by atoms with Gasteiger partial charge >= 0.3 is 0 Å². The summed E-state index contributed by atoms with van der Waals surface area (Å²) in [6, 6.07) is 7.59. The topological polar surface area (TPSA) is 8.81 Å². The third-order valence-corrected chi connectivity index (χ3v) is 9.69. The van der Waals surface area contributed by atoms with Crippen molar-refractivity contribution in [3.05, 3.63) is 47.0 Å². The summed E-state index contributed by atoms with van der Waals surface area (Å²) in [5.41, 5.74) is 8.29. The molecule has 4 bridgehead atoms. The summed E-state index contributed by atoms with van der Waals surface area (Å²) in [7, 11) is 0. The molecule has 32 heavy (non-hydrogen) atoms. The van der Waals surface area contributed by atoms with Gasteiger partial charge in [-0.25, -0.2) is 4.57 Å². The molecule has 0 radical (unpaired) electrons. The molecule has 3 unspecified atom stereocenters. The van der Waals surface area contributed by atoms with Crippen LogP contribution in [-0.4, -0.2) is 4.57 Å². The lowest BCUT2D eigenvalue weighted by atomic mass is 9.63. The molecule has 2 fully saturated rings. The molecule has 1 heterocycles. The van der Waals surface area contributed by atoms with E-state index in [-0.39, 0.29) is 0 Å². The van der Waals surface area contributed by atoms with E-state index in [1.54, 1.807) is 22.5 Å². The first-order chi connectivity index (χ1) is 15.8. The van der Waals surface area contributed by atoms with Crippen LogP contribution >= 0.6 is 0 Å². The van der Waals surface area contributed by atoms with Crippen molar-refractivity contribution in [1.82, 2.24) is 4.57 Å². The Balaban J connectivity index is 1.41. The molecular formula is C30H43N2+. The van der Waals surface area contributed by atoms with Crippen molar-refractivity contribution >= 4 is 0 Å². The van der Waals surface area contributed by atoms with Crippen LogP contribution in [-0.2, 0) is 6.54 Å². The van der Waals surface area contributed by atoms with Gasteiger partial charge in [-0.3, -0.25) is 0 Å². The van der Waals surface area contributed by atoms with E-state index in [9.17, 15) is 0 Å². The quantitative estimate of drug-likeness (QED) is 0.297. The van der Waals surface area contributed by atoms with E-state index >= 15 is 0 Å². The molecule has 0 spiro atoms. The van der Waals surface area contributed by atoms with Gasteiger partial charge in [-0.05, 0) is 105 Å². The van der Waals surface area contributed by atoms with Crippen molar-refractivity contribution in [2.75, 3.05) is 0 Å². The summed E-state index contributed by atoms with van der Waals surface area (Å²) in [5, 5.41) is 0. The minimum absolute atomic E-state index is 0.775. The predicted molar refractivity (Wildman–Crippen MR) is 132 cm³/mol. The van der Waals surface area contributed by atoms with E-state index in [2.05, 4.69) is 47.5 Å². The van der Waals surface area contributed by atoms with Crippen LogP contribution < -0.4 is 4.57 Å². The summed E-state index contributed by atoms with van der Waals surface area (Å²) < 4.78 is 5.38. The summed E-state index contributed by atoms with van der Waals surface area (Å²) in [5.74, 6) is 4.17. The molecule has 1 aromatic heterocycles. The summed E-state index contributed by atoms with van der Waals surface area (Å²) in [4.78, 5) is 0. The lowest BCUT2D eigenvalue weighted by Crippen LogP contribution is -2.43. The van der Waals surface area contributed by atoms with E-state index in [4.69, 9.17) is 0 Å². The van der Waals surface area contributed by atoms with Crippen LogP contribution in [0.15, 0.2) is 24.5 Å². The molecule has 3 atom stereocenters. The zero-order valence-corrected chi connectivity index (χ0v) is 20.5. The van der Waals surface area contributed by atoms with Crippen molar-refractivity contribution < 1.29 is 4.57 Å². The number of nitrogens with zero attached hydrogens (tertiary/aromatic N) is 2. The number of rotatable bonds is 8. The zero-order chi connectivity index (χ0) is 21.7. The fourth-order valence-electron chi connectivity index (χ4n) is 8.07. The molecule has 1 aromatic carbocycles. The van der Waals surface area contributed by atoms with Gasteiger partial charge in [-0.15, -0.1) is 0 Å². The molecule has 2 aromatic rings. The first-order valence-corrected chi connectivity index (χ1v) is 14.1. The highest BCUT2D eigenvalue weighted by Gasteiger charge is 2.48. The van der Waals surface area contributed by atoms with Gasteiger partial charge in [-0.1, -0.05) is 39.2 Å². The first kappa shape index (κ1) is 21.0. The number of hydrogen-bond acceptors (Lipinski definition) is 0. The molecule has 0 N–H and O–H groups in total. The monoisotopic (exact) mass is 431 g/mol. The van der Waals surface area contributed by atoms with Gasteiger partial charge in [0.1, 0.15) is 11.4 Å². The second kappa shape index (κ2) is 8.65. The van der Waals surface area contributed by atoms with Gasteiger partial charge in [0.25, 0.3) is 0 Å². The third-order valence-electron chi connectivity index (χ3n) is 9.69. The number of aromatic nitrogens is 2. The standard InChI is InChI=1S/C30H43N2/c1-3-5-7-17-31-20-32(25-14-16-26-21-9-11-22(12-10-21)28(26)19-25)29-24-13-15-27(30(29)31)23(18-24)8-6-4-2/h14,16,19-24,27H,3-13,15,17-18H2,1-2H3/q+1. The van der Waals surface area contributed by atoms with E-state index < -0.39 is 0 Å². The molecule has 2 nitrogen and oxygen atoms in total. The molecule has 8 rings (SSSR count). The van der Waals surface area contributed by atoms with Crippen molar-refractivity contribution in [3.8, 4) is 5.69 Å². The Bertz CT molecular complexity index is 961. The van der Waals surface area contributed by atoms with Gasteiger partial charge in [0, 0.05) is 11.8 Å². The number of fused-ring (bicyclic) bond motifs is 4. The number of aryl methyl sites for hydroxylation is 1. The largest absolute Gasteiger partial charge is 0.249 e. The van der Waals surface area contributed by atoms with Crippen LogP contribution in [0, 0.1) is 5.92 Å². The predicted octanol–water partition coefficient (Wildman–Crippen LogP) is 7.88. The molecule has 6 aliphatic rings. The van der Waals surface area contributed by atoms with Crippen LogP contribution in [0.2, 0.25) is 0 Å². The van der Waals surface area contributed by atoms with Gasteiger partial charge in [-0.2, -0.15) is 4.57 Å². The van der Waals surface area contributed by atoms with Gasteiger partial charge in [0.2, 0.25) is 6.33 Å². The lowest BCUT2D eigenvalue weighted by molar-refractivity contribution is -0.706. The van der Waals surface area contributed by atoms with E-state index in [1.807, 2.05) is 0 Å². The molecule has 0 saturated heterocycles. The van der Waals surface area contributed by atoms with E-state index in [1.165, 1.54) is 95.7 Å². The summed E-state index contributed by atoms with van der Waals surface area (Å²) in [6.45, 7) is 5.90. The van der Waals surface area contributed by atoms with E-state index in [0.29, 0.717) is 0 Å². The molecule has 6 aliphatic carbocycles. The molecular weight excluding hydrogens is 388 g/mol. The lowest BCUT2D eigenvalue weighted by Gasteiger charge is -2.40. The first-order valence-electron chi connectivity index (χ1n) is 14.1. The Morgan fingerprint density at radius 2 is 1.59 bits per heavy atom. The van der Waals surface area contributed by atoms with Crippen molar-refractivity contribution in [3.63, 3.8) is 0 Å². The molecule has 0 amide bonds. The highest BCUT2D eigenvalue weighted by Crippen LogP contribution is 2.54. The van der Waals surface area contributed by atoms with E-state index in [0.717, 1.165) is 29.6 Å². The fourth-order valence-corrected chi connectivity index (χ4v) is 8.07. The second-order valence-electron chi connectivity index (χ2n) is 11.5. The van der Waals surface area contributed by atoms with Gasteiger partial charge in [0.05, 0.1) is 6.54 Å². The number of imidazole rings is 1. The Labute approximate surface area is 195 Å². The smallest absolute Gasteiger partial charge is 0.233 e. The molecule has 2 saturated carbocycles. The number of hydrogen-bond donors (Lipinski definition) is 0. The van der Waals surface area contributed by atoms with Crippen molar-refractivity contribution in [2.24, 2.45) is 5.92 Å². The maximum Gasteiger partial charge on any atom is 0.249 e. The van der Waals surface area contributed by atoms with Crippen LogP contribution in [0.5, 0.6) is 0 Å². The maximum absolute atomic E-state index is 2.71. The second-order valence-corrected chi connectivity index (χ2v) is 11.5. The minimum Gasteiger partial charge on any atom is -0.233 e. The van der Waals surface area contributed by atoms with Crippen molar-refractivity contribution in [1.29, 1.82) is 0 Å². The summed E-state index contributed by atoms with van der Waals surface area (Å²) in [6.07, 6.45) is 20.7. The molecule has 0 aliphatic heterocycles. The van der Waals surface area contributed by atoms with Crippen LogP contribution in [0.3, 0.4) is 0 Å². The number of unbranched alkanes of at least 4 members (excludes halogenated alkanes) is 3. The Kier molecular flexibility index (Phi) is 5.68. The maximum atomic E-state index is 2.71. The Morgan fingerprint density at radius 1 is 0.844 bits per heavy atom. The minimum atomic E-state index is 0.775. The normalized spacial score (nSPS) is 29.9. The van der Waals surface area contributed by atoms with Crippen LogP contribution in [0.25, 0.3) is 5.69 Å². The highest BCUT2D eigenvalue weighted by atomic mass is 15.2. The zero-order valence-electron chi connectivity index (χ0n) is 20.5. The fraction of sp³-hybridized carbons (Fsp3) is 0.700.